The third-order valence-electron chi connectivity index (χ3n) is 12.7. The number of amides is 4. The highest BCUT2D eigenvalue weighted by Crippen LogP contribution is 2.42. The quantitative estimate of drug-likeness (QED) is 0.0869. The van der Waals surface area contributed by atoms with Crippen molar-refractivity contribution in [1.29, 1.82) is 0 Å². The molecule has 0 saturated carbocycles. The van der Waals surface area contributed by atoms with E-state index < -0.39 is 12.6 Å². The van der Waals surface area contributed by atoms with E-state index >= 15 is 4.39 Å². The van der Waals surface area contributed by atoms with Crippen LogP contribution in [0.5, 0.6) is 23.3 Å². The number of methoxy groups -OCH3 is 2. The Kier molecular flexibility index (Phi) is 15.3. The number of hydrogen-bond donors (Lipinski definition) is 4. The van der Waals surface area contributed by atoms with E-state index in [2.05, 4.69) is 74.7 Å². The number of halogens is 1. The van der Waals surface area contributed by atoms with Gasteiger partial charge in [0.15, 0.2) is 11.6 Å². The number of likely N-dealkylation sites (N-methyl/N-ethyl adjacent to an activating group) is 2. The lowest BCUT2D eigenvalue weighted by Gasteiger charge is -2.33. The highest BCUT2D eigenvalue weighted by atomic mass is 19.1. The topological polar surface area (TPSA) is 194 Å². The average molecular weight is 937 g/mol. The molecule has 2 saturated heterocycles. The molecule has 0 unspecified atom stereocenters. The smallest absolute Gasteiger partial charge is 0.320 e. The van der Waals surface area contributed by atoms with Gasteiger partial charge in [0.2, 0.25) is 18.6 Å². The number of pyridine rings is 4. The Hall–Kier alpha value is -6.81. The third kappa shape index (κ3) is 10.8. The van der Waals surface area contributed by atoms with Crippen molar-refractivity contribution in [1.82, 2.24) is 59.3 Å². The zero-order chi connectivity index (χ0) is 47.7. The molecule has 21 heteroatoms. The third-order valence-corrected chi connectivity index (χ3v) is 12.7. The Labute approximate surface area is 394 Å². The van der Waals surface area contributed by atoms with E-state index in [1.807, 2.05) is 28.3 Å². The molecule has 0 aliphatic carbocycles. The Balaban J connectivity index is 0.947. The number of ether oxygens (including phenoxy) is 4. The van der Waals surface area contributed by atoms with Crippen molar-refractivity contribution in [2.24, 2.45) is 14.1 Å². The molecule has 0 aromatic carbocycles. The molecule has 2 aliphatic rings. The van der Waals surface area contributed by atoms with Gasteiger partial charge in [0, 0.05) is 110 Å². The summed E-state index contributed by atoms with van der Waals surface area (Å²) < 4.78 is 43.3. The number of carbonyl (C=O) groups is 2. The average Bonchev–Trinajstić information content (AvgIpc) is 3.85. The van der Waals surface area contributed by atoms with Crippen LogP contribution in [-0.4, -0.2) is 173 Å². The number of aromatic nitrogens is 6. The van der Waals surface area contributed by atoms with Gasteiger partial charge in [-0.15, -0.1) is 0 Å². The van der Waals surface area contributed by atoms with Gasteiger partial charge in [-0.3, -0.25) is 20.4 Å². The monoisotopic (exact) mass is 936 g/mol. The maximum atomic E-state index is 15.9. The molecular weight excluding hydrogens is 876 g/mol. The largest absolute Gasteiger partial charge is 0.496 e. The van der Waals surface area contributed by atoms with Crippen molar-refractivity contribution in [2.75, 3.05) is 123 Å². The Morgan fingerprint density at radius 3 is 1.65 bits per heavy atom. The predicted octanol–water partition coefficient (Wildman–Crippen LogP) is 4.67. The maximum absolute atomic E-state index is 15.9. The predicted molar refractivity (Wildman–Crippen MR) is 258 cm³/mol. The number of urea groups is 2. The highest BCUT2D eigenvalue weighted by molar-refractivity contribution is 5.95. The van der Waals surface area contributed by atoms with E-state index in [1.54, 1.807) is 50.9 Å². The molecule has 2 fully saturated rings. The number of piperazine rings is 2. The van der Waals surface area contributed by atoms with Gasteiger partial charge in [0.1, 0.15) is 28.5 Å². The van der Waals surface area contributed by atoms with Gasteiger partial charge < -0.3 is 48.5 Å². The van der Waals surface area contributed by atoms with Crippen molar-refractivity contribution in [2.45, 2.75) is 13.8 Å². The van der Waals surface area contributed by atoms with Crippen LogP contribution in [0.1, 0.15) is 13.8 Å². The first-order valence-electron chi connectivity index (χ1n) is 23.0. The van der Waals surface area contributed by atoms with Crippen LogP contribution in [0.25, 0.3) is 44.3 Å². The van der Waals surface area contributed by atoms with Crippen molar-refractivity contribution in [3.8, 4) is 45.8 Å². The number of nitrogens with zero attached hydrogens (tertiary/aromatic N) is 10. The zero-order valence-electron chi connectivity index (χ0n) is 39.6. The van der Waals surface area contributed by atoms with E-state index in [0.29, 0.717) is 52.9 Å². The molecule has 68 heavy (non-hydrogen) atoms. The second-order valence-corrected chi connectivity index (χ2v) is 16.7. The van der Waals surface area contributed by atoms with E-state index in [0.717, 1.165) is 101 Å². The lowest BCUT2D eigenvalue weighted by Crippen LogP contribution is -2.48. The number of rotatable bonds is 18. The Morgan fingerprint density at radius 1 is 0.632 bits per heavy atom. The summed E-state index contributed by atoms with van der Waals surface area (Å²) in [6, 6.07) is 8.31. The van der Waals surface area contributed by atoms with Crippen LogP contribution in [0.2, 0.25) is 0 Å². The summed E-state index contributed by atoms with van der Waals surface area (Å²) in [6.07, 6.45) is 5.88. The zero-order valence-corrected chi connectivity index (χ0v) is 39.6. The number of nitrogens with one attached hydrogen (secondary N) is 4. The lowest BCUT2D eigenvalue weighted by molar-refractivity contribution is 0.111. The summed E-state index contributed by atoms with van der Waals surface area (Å²) in [6.45, 7) is 16.6. The van der Waals surface area contributed by atoms with Gasteiger partial charge in [0.05, 0.1) is 55.2 Å². The summed E-state index contributed by atoms with van der Waals surface area (Å²) in [4.78, 5) is 53.0. The van der Waals surface area contributed by atoms with Crippen molar-refractivity contribution in [3.63, 3.8) is 0 Å². The lowest BCUT2D eigenvalue weighted by atomic mass is 10.1. The van der Waals surface area contributed by atoms with Crippen LogP contribution >= 0.6 is 0 Å². The van der Waals surface area contributed by atoms with Gasteiger partial charge in [-0.1, -0.05) is 13.8 Å². The van der Waals surface area contributed by atoms with Gasteiger partial charge in [0.25, 0.3) is 0 Å². The maximum Gasteiger partial charge on any atom is 0.320 e. The van der Waals surface area contributed by atoms with Crippen molar-refractivity contribution in [3.05, 3.63) is 60.9 Å². The van der Waals surface area contributed by atoms with E-state index in [1.165, 1.54) is 7.11 Å². The van der Waals surface area contributed by atoms with E-state index in [-0.39, 0.29) is 35.1 Å². The minimum absolute atomic E-state index is 0.116. The SMILES string of the molecule is CCN1CCN(CCNC(=O)Nc2cc3cc(-c4c(OC)ccnc4OCOc4c(F)cnc(OC)c4-c4cc5cc(NC(=O)NCCN6CCN(CC)CC6)ncc5n4C)n(C)c3cn2)CC1. The molecule has 4 amide bonds. The fourth-order valence-electron chi connectivity index (χ4n) is 8.78. The normalized spacial score (nSPS) is 15.1. The van der Waals surface area contributed by atoms with Crippen LogP contribution in [0, 0.1) is 5.82 Å². The number of carbonyl (C=O) groups excluding carboxylic acids is 2. The van der Waals surface area contributed by atoms with Crippen LogP contribution in [0.15, 0.2) is 55.1 Å². The number of fused-ring (bicyclic) bond motifs is 2. The van der Waals surface area contributed by atoms with Crippen LogP contribution in [0.4, 0.5) is 25.6 Å². The Bertz CT molecular complexity index is 2710. The van der Waals surface area contributed by atoms with Crippen molar-refractivity contribution >= 4 is 45.5 Å². The van der Waals surface area contributed by atoms with Gasteiger partial charge in [-0.25, -0.2) is 33.9 Å². The van der Waals surface area contributed by atoms with Gasteiger partial charge in [-0.05, 0) is 43.4 Å². The second-order valence-electron chi connectivity index (χ2n) is 16.7. The molecule has 6 aromatic rings. The summed E-state index contributed by atoms with van der Waals surface area (Å²) in [7, 11) is 6.67. The fraction of sp³-hybridized carbons (Fsp3) is 0.447. The Morgan fingerprint density at radius 2 is 1.15 bits per heavy atom. The van der Waals surface area contributed by atoms with Crippen LogP contribution < -0.4 is 40.2 Å². The first-order chi connectivity index (χ1) is 33.1. The number of anilines is 2. The molecule has 2 aliphatic heterocycles. The molecule has 8 rings (SSSR count). The first kappa shape index (κ1) is 47.7. The molecule has 8 heterocycles. The molecule has 0 atom stereocenters. The van der Waals surface area contributed by atoms with Crippen molar-refractivity contribution < 1.29 is 32.9 Å². The summed E-state index contributed by atoms with van der Waals surface area (Å²) in [5.41, 5.74) is 3.44. The molecule has 20 nitrogen and oxygen atoms in total. The van der Waals surface area contributed by atoms with E-state index in [9.17, 15) is 9.59 Å². The van der Waals surface area contributed by atoms with Crippen LogP contribution in [-0.2, 0) is 14.1 Å². The summed E-state index contributed by atoms with van der Waals surface area (Å²) in [5.74, 6) is 0.578. The number of aryl methyl sites for hydroxylation is 2. The molecular formula is C47H61FN14O6. The standard InChI is InChI=1S/C47H61FN14O6/c1-7-59-15-19-61(20-16-59)13-11-50-46(63)55-39-25-31-23-34(57(3)36(31)28-52-39)41-38(65-5)9-10-49-45(41)68-30-67-43-33(48)27-54-44(66-6)42(43)35-24-32-26-40(53-29-37(32)58(35)4)56-47(64)51-12-14-62-21-17-60(8-2)18-22-62/h9-10,23-29H,7-8,11-22,30H2,1-6H3,(H2,50,52,55,63)(H2,51,53,56,64). The number of hydrogen-bond acceptors (Lipinski definition) is 14. The molecule has 6 aromatic heterocycles. The summed E-state index contributed by atoms with van der Waals surface area (Å²) in [5, 5.41) is 13.1. The highest BCUT2D eigenvalue weighted by Gasteiger charge is 2.25. The van der Waals surface area contributed by atoms with Crippen LogP contribution in [0.3, 0.4) is 0 Å². The molecule has 4 N–H and O–H groups in total. The molecule has 362 valence electrons. The first-order valence-corrected chi connectivity index (χ1v) is 23.0. The fourth-order valence-corrected chi connectivity index (χ4v) is 8.78. The summed E-state index contributed by atoms with van der Waals surface area (Å²) >= 11 is 0. The minimum atomic E-state index is -0.748. The molecule has 0 bridgehead atoms. The minimum Gasteiger partial charge on any atom is -0.496 e. The second kappa shape index (κ2) is 21.9. The van der Waals surface area contributed by atoms with Gasteiger partial charge in [-0.2, -0.15) is 0 Å². The molecule has 0 spiro atoms. The van der Waals surface area contributed by atoms with Gasteiger partial charge >= 0.3 is 12.1 Å². The molecule has 0 radical (unpaired) electrons. The van der Waals surface area contributed by atoms with E-state index in [4.69, 9.17) is 18.9 Å².